The van der Waals surface area contributed by atoms with Crippen molar-refractivity contribution in [1.82, 2.24) is 23.9 Å². The molecule has 4 N–H and O–H groups in total. The van der Waals surface area contributed by atoms with Gasteiger partial charge < -0.3 is 11.5 Å². The number of amides is 2. The highest BCUT2D eigenvalue weighted by Gasteiger charge is 2.26. The summed E-state index contributed by atoms with van der Waals surface area (Å²) < 4.78 is 1.66. The van der Waals surface area contributed by atoms with E-state index in [4.69, 9.17) is 11.5 Å². The number of nitrogen functional groups attached to an aromatic ring is 2. The highest BCUT2D eigenvalue weighted by molar-refractivity contribution is 9.10. The molecule has 1 saturated heterocycles. The molecule has 35 heavy (non-hydrogen) atoms. The summed E-state index contributed by atoms with van der Waals surface area (Å²) in [4.78, 5) is 37.8. The number of hydrogen-bond acceptors (Lipinski definition) is 8. The number of imide groups is 1. The molecule has 2 aliphatic carbocycles. The minimum Gasteiger partial charge on any atom is -0.382 e. The van der Waals surface area contributed by atoms with Gasteiger partial charge >= 0.3 is 0 Å². The summed E-state index contributed by atoms with van der Waals surface area (Å²) in [5, 5.41) is 0. The summed E-state index contributed by atoms with van der Waals surface area (Å²) in [5.41, 5.74) is 13.3. The topological polar surface area (TPSA) is 141 Å². The molecule has 11 heteroatoms. The lowest BCUT2D eigenvalue weighted by molar-refractivity contribution is -0.131. The fraction of sp³-hybridized carbons (Fsp3) is 0.583. The molecule has 2 aromatic heterocycles. The lowest BCUT2D eigenvalue weighted by atomic mass is 9.87. The van der Waals surface area contributed by atoms with Gasteiger partial charge in [0.2, 0.25) is 11.8 Å². The van der Waals surface area contributed by atoms with Crippen molar-refractivity contribution in [2.45, 2.75) is 88.9 Å². The molecule has 0 unspecified atom stereocenters. The molecular weight excluding hydrogens is 578 g/mol. The number of nitrogens with zero attached hydrogens (tertiary/aromatic N) is 5. The van der Waals surface area contributed by atoms with Gasteiger partial charge in [0.25, 0.3) is 0 Å². The van der Waals surface area contributed by atoms with E-state index in [0.717, 1.165) is 15.3 Å². The van der Waals surface area contributed by atoms with Crippen LogP contribution in [-0.2, 0) is 9.59 Å². The van der Waals surface area contributed by atoms with E-state index >= 15 is 0 Å². The molecule has 5 rings (SSSR count). The summed E-state index contributed by atoms with van der Waals surface area (Å²) in [6.45, 7) is 0. The maximum absolute atomic E-state index is 10.4. The van der Waals surface area contributed by atoms with Gasteiger partial charge in [-0.1, -0.05) is 38.5 Å². The zero-order valence-corrected chi connectivity index (χ0v) is 23.0. The first-order valence-electron chi connectivity index (χ1n) is 12.2. The molecule has 9 nitrogen and oxygen atoms in total. The van der Waals surface area contributed by atoms with Gasteiger partial charge in [0.15, 0.2) is 5.82 Å². The summed E-state index contributed by atoms with van der Waals surface area (Å²) in [6, 6.07) is 0. The minimum absolute atomic E-state index is 0.144. The maximum atomic E-state index is 10.4. The van der Waals surface area contributed by atoms with Crippen molar-refractivity contribution in [3.63, 3.8) is 0 Å². The zero-order chi connectivity index (χ0) is 25.2. The lowest BCUT2D eigenvalue weighted by Gasteiger charge is -2.20. The molecule has 0 aromatic carbocycles. The highest BCUT2D eigenvalue weighted by Crippen LogP contribution is 2.32. The largest absolute Gasteiger partial charge is 0.382 e. The monoisotopic (exact) mass is 609 g/mol. The smallest absolute Gasteiger partial charge is 0.239 e. The first-order chi connectivity index (χ1) is 16.8. The molecular formula is C24H33Br2N7O2. The van der Waals surface area contributed by atoms with Gasteiger partial charge in [-0.2, -0.15) is 0 Å². The Morgan fingerprint density at radius 3 is 1.69 bits per heavy atom. The van der Waals surface area contributed by atoms with Gasteiger partial charge in [0.05, 0.1) is 46.1 Å². The Morgan fingerprint density at radius 2 is 1.26 bits per heavy atom. The molecule has 2 amide bonds. The maximum Gasteiger partial charge on any atom is 0.239 e. The minimum atomic E-state index is -0.144. The first kappa shape index (κ1) is 27.4. The Labute approximate surface area is 223 Å². The molecule has 0 radical (unpaired) electrons. The first-order valence-corrected chi connectivity index (χ1v) is 13.7. The van der Waals surface area contributed by atoms with E-state index in [1.807, 2.05) is 12.4 Å². The van der Waals surface area contributed by atoms with Crippen molar-refractivity contribution < 1.29 is 9.59 Å². The molecule has 0 bridgehead atoms. The number of aromatic nitrogens is 4. The number of hydrogen-bond donors (Lipinski definition) is 2. The fourth-order valence-corrected chi connectivity index (χ4v) is 5.15. The second kappa shape index (κ2) is 13.8. The van der Waals surface area contributed by atoms with Gasteiger partial charge in [0, 0.05) is 24.7 Å². The molecule has 0 atom stereocenters. The Hall–Kier alpha value is -2.14. The Bertz CT molecular complexity index is 962. The van der Waals surface area contributed by atoms with Crippen LogP contribution in [0.1, 0.15) is 100 Å². The number of carbonyl (C=O) groups excluding carboxylic acids is 2. The predicted octanol–water partition coefficient (Wildman–Crippen LogP) is 5.42. The van der Waals surface area contributed by atoms with Gasteiger partial charge in [-0.3, -0.25) is 14.6 Å². The van der Waals surface area contributed by atoms with Crippen LogP contribution < -0.4 is 11.5 Å². The Morgan fingerprint density at radius 1 is 0.743 bits per heavy atom. The highest BCUT2D eigenvalue weighted by atomic mass is 79.9. The van der Waals surface area contributed by atoms with E-state index in [1.54, 1.807) is 6.20 Å². The predicted molar refractivity (Wildman–Crippen MR) is 142 cm³/mol. The van der Waals surface area contributed by atoms with Crippen molar-refractivity contribution in [2.75, 3.05) is 11.5 Å². The van der Waals surface area contributed by atoms with Crippen molar-refractivity contribution >= 4 is 55.5 Å². The second-order valence-corrected chi connectivity index (χ2v) is 10.5. The van der Waals surface area contributed by atoms with Crippen LogP contribution in [0.2, 0.25) is 0 Å². The van der Waals surface area contributed by atoms with Crippen LogP contribution in [0.5, 0.6) is 0 Å². The van der Waals surface area contributed by atoms with E-state index < -0.39 is 0 Å². The van der Waals surface area contributed by atoms with Crippen LogP contribution in [-0.4, -0.2) is 35.7 Å². The summed E-state index contributed by atoms with van der Waals surface area (Å²) in [6.07, 6.45) is 19.0. The van der Waals surface area contributed by atoms with Crippen molar-refractivity contribution in [2.24, 2.45) is 0 Å². The second-order valence-electron chi connectivity index (χ2n) is 9.08. The van der Waals surface area contributed by atoms with Crippen molar-refractivity contribution in [3.05, 3.63) is 34.6 Å². The third-order valence-corrected chi connectivity index (χ3v) is 7.88. The summed E-state index contributed by atoms with van der Waals surface area (Å²) >= 11 is 6.12. The van der Waals surface area contributed by atoms with Crippen LogP contribution in [0.3, 0.4) is 0 Å². The molecule has 0 spiro atoms. The van der Waals surface area contributed by atoms with Crippen molar-refractivity contribution in [3.8, 4) is 0 Å². The quantitative estimate of drug-likeness (QED) is 0.339. The fourth-order valence-electron chi connectivity index (χ4n) is 4.49. The van der Waals surface area contributed by atoms with Crippen LogP contribution >= 0.6 is 32.1 Å². The van der Waals surface area contributed by atoms with E-state index in [9.17, 15) is 9.59 Å². The summed E-state index contributed by atoms with van der Waals surface area (Å²) in [7, 11) is 0. The van der Waals surface area contributed by atoms with Crippen molar-refractivity contribution in [1.29, 1.82) is 0 Å². The molecule has 3 heterocycles. The van der Waals surface area contributed by atoms with Gasteiger partial charge in [0.1, 0.15) is 10.4 Å². The molecule has 1 aliphatic heterocycles. The third-order valence-electron chi connectivity index (χ3n) is 6.50. The molecule has 3 fully saturated rings. The van der Waals surface area contributed by atoms with Crippen LogP contribution in [0.15, 0.2) is 23.2 Å². The third kappa shape index (κ3) is 8.49. The standard InChI is InChI=1S/C10H14BrN3.C10H15N3.C4H4BrNO2/c11-9-10(12)13-6-8(14-9)7-4-2-1-3-5-7;11-10-7-12-9(6-13-10)8-4-2-1-3-5-8;5-6-3(7)1-2-4(6)8/h6-7H,1-5H2,(H2,12,13);6-8H,1-5H2,(H2,11,13);1-2H2. The molecule has 190 valence electrons. The SMILES string of the molecule is Nc1cnc(C2CCCCC2)cn1.Nc1ncc(C2CCCCC2)nc1Br.O=C1CCC(=O)N1Br. The van der Waals surface area contributed by atoms with Crippen LogP contribution in [0.25, 0.3) is 0 Å². The average Bonchev–Trinajstić information content (AvgIpc) is 3.19. The van der Waals surface area contributed by atoms with E-state index in [1.165, 1.54) is 64.2 Å². The van der Waals surface area contributed by atoms with E-state index in [0.29, 0.717) is 40.9 Å². The number of rotatable bonds is 2. The number of nitrogens with two attached hydrogens (primary N) is 2. The van der Waals surface area contributed by atoms with Crippen LogP contribution in [0.4, 0.5) is 11.6 Å². The lowest BCUT2D eigenvalue weighted by Crippen LogP contribution is -2.16. The Balaban J connectivity index is 0.000000152. The Kier molecular flexibility index (Phi) is 10.8. The number of halogens is 2. The van der Waals surface area contributed by atoms with Gasteiger partial charge in [-0.25, -0.2) is 18.9 Å². The summed E-state index contributed by atoms with van der Waals surface area (Å²) in [5.74, 6) is 1.92. The van der Waals surface area contributed by atoms with Crippen LogP contribution in [0, 0.1) is 0 Å². The zero-order valence-electron chi connectivity index (χ0n) is 19.8. The normalized spacial score (nSPS) is 19.0. The molecule has 2 aromatic rings. The average molecular weight is 611 g/mol. The molecule has 3 aliphatic rings. The number of anilines is 2. The van der Waals surface area contributed by atoms with Gasteiger partial charge in [-0.05, 0) is 41.6 Å². The molecule has 2 saturated carbocycles. The van der Waals surface area contributed by atoms with Gasteiger partial charge in [-0.15, -0.1) is 0 Å². The van der Waals surface area contributed by atoms with E-state index in [2.05, 4.69) is 52.0 Å². The van der Waals surface area contributed by atoms with E-state index in [-0.39, 0.29) is 11.8 Å². The number of carbonyl (C=O) groups is 2.